The van der Waals surface area contributed by atoms with E-state index in [9.17, 15) is 13.0 Å². The van der Waals surface area contributed by atoms with Gasteiger partial charge in [-0.1, -0.05) is 35.3 Å². The van der Waals surface area contributed by atoms with E-state index in [1.807, 2.05) is 19.2 Å². The number of nitrogens with one attached hydrogen (secondary N) is 1. The summed E-state index contributed by atoms with van der Waals surface area (Å²) in [4.78, 5) is 20.0. The number of benzene rings is 2. The first-order valence-electron chi connectivity index (χ1n) is 8.77. The monoisotopic (exact) mass is 478 g/mol. The van der Waals surface area contributed by atoms with E-state index < -0.39 is 23.8 Å². The van der Waals surface area contributed by atoms with Gasteiger partial charge in [-0.2, -0.15) is 0 Å². The maximum atomic E-state index is 12.6. The predicted molar refractivity (Wildman–Crippen MR) is 113 cm³/mol. The van der Waals surface area contributed by atoms with Crippen molar-refractivity contribution in [3.05, 3.63) is 63.1 Å². The van der Waals surface area contributed by atoms with Crippen molar-refractivity contribution in [2.75, 3.05) is 26.3 Å². The van der Waals surface area contributed by atoms with Crippen LogP contribution in [-0.2, 0) is 21.1 Å². The SMILES string of the molecule is CN1Cc2c(Cl)cc(Cl)cc2C(c2cccc(S(=O)(=O)NCCP(=O)(O)O)c2)C1. The number of sulfonamides is 1. The van der Waals surface area contributed by atoms with Gasteiger partial charge in [-0.05, 0) is 48.0 Å². The molecule has 0 saturated carbocycles. The van der Waals surface area contributed by atoms with Crippen molar-refractivity contribution in [3.8, 4) is 0 Å². The zero-order valence-corrected chi connectivity index (χ0v) is 18.8. The van der Waals surface area contributed by atoms with Crippen molar-refractivity contribution in [3.63, 3.8) is 0 Å². The van der Waals surface area contributed by atoms with Crippen LogP contribution in [0.2, 0.25) is 10.0 Å². The fraction of sp³-hybridized carbons (Fsp3) is 0.333. The van der Waals surface area contributed by atoms with Crippen molar-refractivity contribution in [1.29, 1.82) is 0 Å². The second-order valence-corrected chi connectivity index (χ2v) is 11.5. The molecule has 0 aliphatic carbocycles. The first-order valence-corrected chi connectivity index (χ1v) is 12.8. The number of hydrogen-bond acceptors (Lipinski definition) is 4. The molecule has 1 heterocycles. The number of halogens is 2. The topological polar surface area (TPSA) is 107 Å². The van der Waals surface area contributed by atoms with Crippen molar-refractivity contribution < 1.29 is 22.8 Å². The van der Waals surface area contributed by atoms with Crippen molar-refractivity contribution in [1.82, 2.24) is 9.62 Å². The van der Waals surface area contributed by atoms with Gasteiger partial charge in [-0.25, -0.2) is 13.1 Å². The Hall–Kier alpha value is -0.960. The maximum absolute atomic E-state index is 12.6. The summed E-state index contributed by atoms with van der Waals surface area (Å²) in [7, 11) is -6.23. The molecule has 0 saturated heterocycles. The molecule has 0 bridgehead atoms. The fourth-order valence-corrected chi connectivity index (χ4v) is 5.65. The minimum absolute atomic E-state index is 0.0311. The summed E-state index contributed by atoms with van der Waals surface area (Å²) in [5, 5.41) is 1.10. The summed E-state index contributed by atoms with van der Waals surface area (Å²) >= 11 is 12.6. The van der Waals surface area contributed by atoms with Crippen molar-refractivity contribution >= 4 is 40.8 Å². The van der Waals surface area contributed by atoms with E-state index in [0.29, 0.717) is 23.1 Å². The van der Waals surface area contributed by atoms with E-state index in [4.69, 9.17) is 33.0 Å². The third-order valence-electron chi connectivity index (χ3n) is 4.76. The number of fused-ring (bicyclic) bond motifs is 1. The predicted octanol–water partition coefficient (Wildman–Crippen LogP) is 3.03. The zero-order valence-electron chi connectivity index (χ0n) is 15.5. The van der Waals surface area contributed by atoms with E-state index in [1.54, 1.807) is 18.2 Å². The molecule has 0 spiro atoms. The number of likely N-dealkylation sites (N-methyl/N-ethyl adjacent to an activating group) is 1. The first kappa shape index (κ1) is 22.7. The minimum Gasteiger partial charge on any atom is -0.324 e. The second kappa shape index (κ2) is 8.65. The van der Waals surface area contributed by atoms with E-state index in [1.165, 1.54) is 6.07 Å². The Kier molecular flexibility index (Phi) is 6.78. The number of nitrogens with zero attached hydrogens (tertiary/aromatic N) is 1. The van der Waals surface area contributed by atoms with Gasteiger partial charge in [0.15, 0.2) is 0 Å². The largest absolute Gasteiger partial charge is 0.326 e. The van der Waals surface area contributed by atoms with Gasteiger partial charge in [0, 0.05) is 35.6 Å². The van der Waals surface area contributed by atoms with Crippen LogP contribution in [-0.4, -0.2) is 49.4 Å². The first-order chi connectivity index (χ1) is 13.5. The molecule has 1 aliphatic heterocycles. The van der Waals surface area contributed by atoms with Crippen molar-refractivity contribution in [2.24, 2.45) is 0 Å². The highest BCUT2D eigenvalue weighted by molar-refractivity contribution is 7.89. The molecule has 11 heteroatoms. The summed E-state index contributed by atoms with van der Waals surface area (Å²) in [6.07, 6.45) is -0.566. The Morgan fingerprint density at radius 1 is 1.24 bits per heavy atom. The van der Waals surface area contributed by atoms with Gasteiger partial charge in [-0.3, -0.25) is 4.57 Å². The highest BCUT2D eigenvalue weighted by atomic mass is 35.5. The van der Waals surface area contributed by atoms with Crippen LogP contribution in [0.3, 0.4) is 0 Å². The standard InChI is InChI=1S/C18H21Cl2N2O5PS/c1-22-10-16(15-8-13(19)9-18(20)17(15)11-22)12-3-2-4-14(7-12)29(26,27)21-5-6-28(23,24)25/h2-4,7-9,16,21H,5-6,10-11H2,1H3,(H2,23,24,25). The summed E-state index contributed by atoms with van der Waals surface area (Å²) in [6.45, 7) is 0.986. The molecule has 0 aromatic heterocycles. The molecule has 29 heavy (non-hydrogen) atoms. The van der Waals surface area contributed by atoms with E-state index >= 15 is 0 Å². The lowest BCUT2D eigenvalue weighted by Crippen LogP contribution is -2.31. The third kappa shape index (κ3) is 5.60. The average molecular weight is 479 g/mol. The summed E-state index contributed by atoms with van der Waals surface area (Å²) in [5.74, 6) is -0.120. The van der Waals surface area contributed by atoms with Gasteiger partial charge >= 0.3 is 7.60 Å². The van der Waals surface area contributed by atoms with Gasteiger partial charge in [0.05, 0.1) is 11.1 Å². The lowest BCUT2D eigenvalue weighted by Gasteiger charge is -2.33. The molecule has 7 nitrogen and oxygen atoms in total. The van der Waals surface area contributed by atoms with Gasteiger partial charge in [-0.15, -0.1) is 0 Å². The molecule has 2 aromatic carbocycles. The lowest BCUT2D eigenvalue weighted by atomic mass is 9.85. The van der Waals surface area contributed by atoms with Gasteiger partial charge in [0.25, 0.3) is 0 Å². The normalized spacial score (nSPS) is 17.9. The molecule has 158 valence electrons. The molecule has 2 aromatic rings. The highest BCUT2D eigenvalue weighted by Crippen LogP contribution is 2.39. The summed E-state index contributed by atoms with van der Waals surface area (Å²) < 4.78 is 38.3. The van der Waals surface area contributed by atoms with Crippen LogP contribution in [0, 0.1) is 0 Å². The molecule has 1 unspecified atom stereocenters. The van der Waals surface area contributed by atoms with Crippen LogP contribution in [0.1, 0.15) is 22.6 Å². The summed E-state index contributed by atoms with van der Waals surface area (Å²) in [6, 6.07) is 10.1. The van der Waals surface area contributed by atoms with Gasteiger partial charge < -0.3 is 14.7 Å². The van der Waals surface area contributed by atoms with E-state index in [0.717, 1.165) is 16.7 Å². The molecule has 0 amide bonds. The Balaban J connectivity index is 1.93. The summed E-state index contributed by atoms with van der Waals surface area (Å²) in [5.41, 5.74) is 2.71. The molecular formula is C18H21Cl2N2O5PS. The number of hydrogen-bond donors (Lipinski definition) is 3. The Bertz CT molecular complexity index is 1070. The molecular weight excluding hydrogens is 458 g/mol. The Morgan fingerprint density at radius 2 is 1.97 bits per heavy atom. The smallest absolute Gasteiger partial charge is 0.324 e. The van der Waals surface area contributed by atoms with Crippen LogP contribution in [0.4, 0.5) is 0 Å². The molecule has 0 radical (unpaired) electrons. The molecule has 0 fully saturated rings. The third-order valence-corrected chi connectivity index (χ3v) is 7.58. The van der Waals surface area contributed by atoms with E-state index in [2.05, 4.69) is 9.62 Å². The maximum Gasteiger partial charge on any atom is 0.326 e. The second-order valence-electron chi connectivity index (χ2n) is 7.06. The van der Waals surface area contributed by atoms with Crippen LogP contribution >= 0.6 is 30.8 Å². The lowest BCUT2D eigenvalue weighted by molar-refractivity contribution is 0.295. The molecule has 1 aliphatic rings. The zero-order chi connectivity index (χ0) is 21.4. The number of rotatable bonds is 6. The van der Waals surface area contributed by atoms with Gasteiger partial charge in [0.2, 0.25) is 10.0 Å². The highest BCUT2D eigenvalue weighted by Gasteiger charge is 2.28. The molecule has 3 N–H and O–H groups in total. The van der Waals surface area contributed by atoms with Crippen LogP contribution in [0.15, 0.2) is 41.3 Å². The van der Waals surface area contributed by atoms with Crippen molar-refractivity contribution in [2.45, 2.75) is 17.4 Å². The Morgan fingerprint density at radius 3 is 2.66 bits per heavy atom. The molecule has 3 rings (SSSR count). The van der Waals surface area contributed by atoms with Gasteiger partial charge in [0.1, 0.15) is 0 Å². The fourth-order valence-electron chi connectivity index (χ4n) is 3.44. The minimum atomic E-state index is -4.29. The molecule has 1 atom stereocenters. The van der Waals surface area contributed by atoms with Crippen LogP contribution in [0.25, 0.3) is 0 Å². The Labute approximate surface area is 179 Å². The average Bonchev–Trinajstić information content (AvgIpc) is 2.60. The van der Waals surface area contributed by atoms with Crippen LogP contribution < -0.4 is 4.72 Å². The van der Waals surface area contributed by atoms with Crippen LogP contribution in [0.5, 0.6) is 0 Å². The van der Waals surface area contributed by atoms with E-state index in [-0.39, 0.29) is 17.4 Å². The quantitative estimate of drug-likeness (QED) is 0.550.